The molecule has 0 amide bonds. The highest BCUT2D eigenvalue weighted by Crippen LogP contribution is 2.33. The van der Waals surface area contributed by atoms with Crippen LogP contribution in [0.5, 0.6) is 0 Å². The molecule has 0 spiro atoms. The van der Waals surface area contributed by atoms with E-state index in [1.165, 1.54) is 7.11 Å². The van der Waals surface area contributed by atoms with E-state index in [0.29, 0.717) is 26.4 Å². The lowest BCUT2D eigenvalue weighted by Gasteiger charge is -2.36. The fourth-order valence-electron chi connectivity index (χ4n) is 3.67. The van der Waals surface area contributed by atoms with Gasteiger partial charge in [-0.1, -0.05) is 79.7 Å². The van der Waals surface area contributed by atoms with Crippen LogP contribution in [0.1, 0.15) is 24.5 Å². The fourth-order valence-corrected chi connectivity index (χ4v) is 3.67. The molecule has 1 fully saturated rings. The van der Waals surface area contributed by atoms with Gasteiger partial charge in [-0.2, -0.15) is 0 Å². The van der Waals surface area contributed by atoms with Crippen LogP contribution >= 0.6 is 0 Å². The van der Waals surface area contributed by atoms with Gasteiger partial charge in [0.1, 0.15) is 0 Å². The Morgan fingerprint density at radius 3 is 2.22 bits per heavy atom. The van der Waals surface area contributed by atoms with E-state index >= 15 is 0 Å². The van der Waals surface area contributed by atoms with Crippen LogP contribution in [0.2, 0.25) is 0 Å². The third-order valence-electron chi connectivity index (χ3n) is 5.52. The highest BCUT2D eigenvalue weighted by Gasteiger charge is 2.48. The molecule has 0 saturated carbocycles. The van der Waals surface area contributed by atoms with Gasteiger partial charge in [-0.05, 0) is 11.1 Å². The zero-order valence-corrected chi connectivity index (χ0v) is 18.8. The Morgan fingerprint density at radius 2 is 1.62 bits per heavy atom. The quantitative estimate of drug-likeness (QED) is 0.279. The van der Waals surface area contributed by atoms with Crippen LogP contribution in [-0.2, 0) is 41.7 Å². The van der Waals surface area contributed by atoms with Crippen LogP contribution in [0.25, 0.3) is 0 Å². The molecule has 1 aliphatic rings. The van der Waals surface area contributed by atoms with Crippen LogP contribution in [0.3, 0.4) is 0 Å². The molecular formula is C26H32O6. The van der Waals surface area contributed by atoms with E-state index in [9.17, 15) is 4.79 Å². The van der Waals surface area contributed by atoms with E-state index in [4.69, 9.17) is 23.7 Å². The summed E-state index contributed by atoms with van der Waals surface area (Å²) < 4.78 is 28.5. The van der Waals surface area contributed by atoms with Gasteiger partial charge < -0.3 is 23.7 Å². The second kappa shape index (κ2) is 12.5. The van der Waals surface area contributed by atoms with Crippen molar-refractivity contribution in [1.29, 1.82) is 0 Å². The topological polar surface area (TPSA) is 63.2 Å². The number of hydrogen-bond acceptors (Lipinski definition) is 6. The first-order valence-corrected chi connectivity index (χ1v) is 10.9. The predicted octanol–water partition coefficient (Wildman–Crippen LogP) is 4.29. The van der Waals surface area contributed by atoms with E-state index in [1.54, 1.807) is 0 Å². The zero-order chi connectivity index (χ0) is 22.7. The highest BCUT2D eigenvalue weighted by atomic mass is 16.7. The molecule has 2 unspecified atom stereocenters. The number of esters is 1. The first kappa shape index (κ1) is 24.1. The Labute approximate surface area is 190 Å². The monoisotopic (exact) mass is 440 g/mol. The molecule has 0 bridgehead atoms. The van der Waals surface area contributed by atoms with Gasteiger partial charge in [-0.15, -0.1) is 0 Å². The minimum Gasteiger partial charge on any atom is -0.467 e. The average Bonchev–Trinajstić information content (AvgIpc) is 3.35. The van der Waals surface area contributed by atoms with E-state index in [0.717, 1.165) is 11.1 Å². The first-order chi connectivity index (χ1) is 15.6. The third kappa shape index (κ3) is 6.74. The maximum absolute atomic E-state index is 13.0. The Bertz CT molecular complexity index is 832. The summed E-state index contributed by atoms with van der Waals surface area (Å²) in [7, 11) is 1.37. The van der Waals surface area contributed by atoms with Crippen molar-refractivity contribution in [3.8, 4) is 0 Å². The summed E-state index contributed by atoms with van der Waals surface area (Å²) >= 11 is 0. The van der Waals surface area contributed by atoms with Crippen molar-refractivity contribution in [3.63, 3.8) is 0 Å². The van der Waals surface area contributed by atoms with Gasteiger partial charge in [-0.3, -0.25) is 0 Å². The minimum atomic E-state index is -1.25. The summed E-state index contributed by atoms with van der Waals surface area (Å²) in [4.78, 5) is 13.0. The second-order valence-electron chi connectivity index (χ2n) is 7.75. The van der Waals surface area contributed by atoms with Crippen molar-refractivity contribution in [2.45, 2.75) is 38.4 Å². The predicted molar refractivity (Wildman–Crippen MR) is 121 cm³/mol. The summed E-state index contributed by atoms with van der Waals surface area (Å²) in [6.07, 6.45) is 3.56. The van der Waals surface area contributed by atoms with Crippen molar-refractivity contribution in [1.82, 2.24) is 0 Å². The van der Waals surface area contributed by atoms with Crippen molar-refractivity contribution < 1.29 is 28.5 Å². The summed E-state index contributed by atoms with van der Waals surface area (Å²) in [5, 5.41) is 0. The summed E-state index contributed by atoms with van der Waals surface area (Å²) in [5.74, 6) is -0.748. The van der Waals surface area contributed by atoms with Gasteiger partial charge in [-0.25, -0.2) is 4.79 Å². The molecular weight excluding hydrogens is 408 g/mol. The molecule has 32 heavy (non-hydrogen) atoms. The van der Waals surface area contributed by atoms with E-state index < -0.39 is 17.9 Å². The van der Waals surface area contributed by atoms with E-state index in [-0.39, 0.29) is 18.9 Å². The number of rotatable bonds is 12. The summed E-state index contributed by atoms with van der Waals surface area (Å²) in [5.41, 5.74) is 0.825. The molecule has 0 aromatic heterocycles. The van der Waals surface area contributed by atoms with Gasteiger partial charge in [0.05, 0.1) is 40.1 Å². The number of carbonyl (C=O) groups is 1. The molecule has 1 aliphatic heterocycles. The van der Waals surface area contributed by atoms with Crippen LogP contribution in [0, 0.1) is 5.92 Å². The molecule has 0 radical (unpaired) electrons. The standard InChI is InChI=1S/C26H32O6/c1-21(10-9-15-29-19-22-11-5-3-6-12-22)26(25(27)28-2,18-24-30-16-17-31-24)32-20-23-13-7-4-8-14-23/h3-14,21,24H,15-20H2,1-2H3/b10-9+. The largest absolute Gasteiger partial charge is 0.467 e. The Kier molecular flexibility index (Phi) is 9.43. The molecule has 1 saturated heterocycles. The van der Waals surface area contributed by atoms with Gasteiger partial charge in [0.25, 0.3) is 0 Å². The maximum atomic E-state index is 13.0. The smallest absolute Gasteiger partial charge is 0.338 e. The molecule has 0 N–H and O–H groups in total. The molecule has 2 aromatic rings. The SMILES string of the molecule is COC(=O)C(CC1OCCO1)(OCc1ccccc1)C(C)/C=C/COCc1ccccc1. The molecule has 3 rings (SSSR count). The van der Waals surface area contributed by atoms with Crippen LogP contribution in [0.4, 0.5) is 0 Å². The number of ether oxygens (including phenoxy) is 5. The lowest BCUT2D eigenvalue weighted by Crippen LogP contribution is -2.50. The van der Waals surface area contributed by atoms with Crippen molar-refractivity contribution >= 4 is 5.97 Å². The summed E-state index contributed by atoms with van der Waals surface area (Å²) in [6.45, 7) is 4.15. The first-order valence-electron chi connectivity index (χ1n) is 10.9. The molecule has 1 heterocycles. The van der Waals surface area contributed by atoms with Crippen molar-refractivity contribution in [2.75, 3.05) is 26.9 Å². The third-order valence-corrected chi connectivity index (χ3v) is 5.52. The lowest BCUT2D eigenvalue weighted by molar-refractivity contribution is -0.192. The molecule has 6 nitrogen and oxygen atoms in total. The number of methoxy groups -OCH3 is 1. The van der Waals surface area contributed by atoms with E-state index in [2.05, 4.69) is 0 Å². The van der Waals surface area contributed by atoms with Crippen LogP contribution in [0.15, 0.2) is 72.8 Å². The van der Waals surface area contributed by atoms with Gasteiger partial charge in [0.15, 0.2) is 11.9 Å². The molecule has 172 valence electrons. The van der Waals surface area contributed by atoms with Gasteiger partial charge in [0.2, 0.25) is 0 Å². The van der Waals surface area contributed by atoms with Crippen LogP contribution < -0.4 is 0 Å². The zero-order valence-electron chi connectivity index (χ0n) is 18.8. The summed E-state index contributed by atoms with van der Waals surface area (Å²) in [6, 6.07) is 19.7. The minimum absolute atomic E-state index is 0.239. The van der Waals surface area contributed by atoms with Crippen molar-refractivity contribution in [3.05, 3.63) is 83.9 Å². The second-order valence-corrected chi connectivity index (χ2v) is 7.75. The molecule has 6 heteroatoms. The molecule has 2 atom stereocenters. The number of benzene rings is 2. The van der Waals surface area contributed by atoms with Gasteiger partial charge in [0, 0.05) is 12.3 Å². The Balaban J connectivity index is 1.69. The number of hydrogen-bond donors (Lipinski definition) is 0. The van der Waals surface area contributed by atoms with Crippen LogP contribution in [-0.4, -0.2) is 44.8 Å². The Hall–Kier alpha value is -2.51. The number of carbonyl (C=O) groups excluding carboxylic acids is 1. The average molecular weight is 441 g/mol. The molecule has 0 aliphatic carbocycles. The van der Waals surface area contributed by atoms with E-state index in [1.807, 2.05) is 79.7 Å². The molecule has 2 aromatic carbocycles. The Morgan fingerprint density at radius 1 is 1.03 bits per heavy atom. The van der Waals surface area contributed by atoms with Crippen molar-refractivity contribution in [2.24, 2.45) is 5.92 Å². The normalized spacial score (nSPS) is 17.3. The maximum Gasteiger partial charge on any atom is 0.338 e. The highest BCUT2D eigenvalue weighted by molar-refractivity contribution is 5.80. The fraction of sp³-hybridized carbons (Fsp3) is 0.423. The lowest BCUT2D eigenvalue weighted by atomic mass is 9.84. The van der Waals surface area contributed by atoms with Gasteiger partial charge >= 0.3 is 5.97 Å².